The molecule has 0 spiro atoms. The second kappa shape index (κ2) is 4.05. The lowest BCUT2D eigenvalue weighted by atomic mass is 10.0. The Balaban J connectivity index is 3.40. The topological polar surface area (TPSA) is 43.1 Å². The average molecular weight is 193 g/mol. The van der Waals surface area contributed by atoms with Gasteiger partial charge < -0.3 is 5.73 Å². The van der Waals surface area contributed by atoms with E-state index < -0.39 is 5.82 Å². The van der Waals surface area contributed by atoms with Gasteiger partial charge in [-0.05, 0) is 26.0 Å². The number of carbonyl (C=O) groups is 1. The van der Waals surface area contributed by atoms with Crippen LogP contribution >= 0.6 is 0 Å². The van der Waals surface area contributed by atoms with Crippen molar-refractivity contribution in [2.45, 2.75) is 13.8 Å². The highest BCUT2D eigenvalue weighted by Crippen LogP contribution is 2.22. The van der Waals surface area contributed by atoms with Crippen molar-refractivity contribution >= 4 is 17.5 Å². The molecule has 0 aromatic heterocycles. The lowest BCUT2D eigenvalue weighted by Crippen LogP contribution is -2.03. The van der Waals surface area contributed by atoms with E-state index in [-0.39, 0.29) is 17.0 Å². The molecule has 1 aromatic rings. The van der Waals surface area contributed by atoms with Crippen LogP contribution in [0.3, 0.4) is 0 Å². The van der Waals surface area contributed by atoms with Gasteiger partial charge >= 0.3 is 0 Å². The Bertz CT molecular complexity index is 397. The van der Waals surface area contributed by atoms with Gasteiger partial charge in [0.05, 0.1) is 5.69 Å². The third-order valence-corrected chi connectivity index (χ3v) is 1.95. The first-order chi connectivity index (χ1) is 6.57. The number of allylic oxidation sites excluding steroid dienone is 1. The van der Waals surface area contributed by atoms with E-state index in [2.05, 4.69) is 0 Å². The molecule has 0 radical (unpaired) electrons. The fourth-order valence-corrected chi connectivity index (χ4v) is 1.25. The van der Waals surface area contributed by atoms with Crippen LogP contribution in [0.5, 0.6) is 0 Å². The number of halogens is 1. The zero-order valence-electron chi connectivity index (χ0n) is 8.17. The van der Waals surface area contributed by atoms with Gasteiger partial charge in [-0.2, -0.15) is 0 Å². The van der Waals surface area contributed by atoms with Crippen LogP contribution in [0.1, 0.15) is 29.8 Å². The van der Waals surface area contributed by atoms with Crippen LogP contribution in [-0.2, 0) is 0 Å². The van der Waals surface area contributed by atoms with Crippen molar-refractivity contribution in [2.75, 3.05) is 5.73 Å². The lowest BCUT2D eigenvalue weighted by Gasteiger charge is -2.06. The van der Waals surface area contributed by atoms with Crippen molar-refractivity contribution in [3.63, 3.8) is 0 Å². The third-order valence-electron chi connectivity index (χ3n) is 1.95. The summed E-state index contributed by atoms with van der Waals surface area (Å²) in [6.07, 6.45) is 3.23. The zero-order valence-corrected chi connectivity index (χ0v) is 8.17. The van der Waals surface area contributed by atoms with Crippen LogP contribution in [0.15, 0.2) is 18.2 Å². The van der Waals surface area contributed by atoms with Gasteiger partial charge in [0, 0.05) is 11.1 Å². The first kappa shape index (κ1) is 10.4. The van der Waals surface area contributed by atoms with E-state index in [9.17, 15) is 9.18 Å². The SMILES string of the molecule is C/C=C\c1c(F)ccc(C(C)=O)c1N. The summed E-state index contributed by atoms with van der Waals surface area (Å²) in [5.74, 6) is -0.571. The second-order valence-corrected chi connectivity index (χ2v) is 2.98. The molecular weight excluding hydrogens is 181 g/mol. The summed E-state index contributed by atoms with van der Waals surface area (Å²) in [5, 5.41) is 0. The molecule has 0 aliphatic rings. The number of nitrogens with two attached hydrogens (primary N) is 1. The minimum Gasteiger partial charge on any atom is -0.398 e. The highest BCUT2D eigenvalue weighted by atomic mass is 19.1. The molecule has 0 aliphatic heterocycles. The third kappa shape index (κ3) is 1.82. The summed E-state index contributed by atoms with van der Waals surface area (Å²) in [6, 6.07) is 2.66. The molecule has 0 fully saturated rings. The maximum Gasteiger partial charge on any atom is 0.161 e. The molecule has 0 aliphatic carbocycles. The molecule has 2 N–H and O–H groups in total. The largest absolute Gasteiger partial charge is 0.398 e. The maximum atomic E-state index is 13.2. The normalized spacial score (nSPS) is 10.8. The van der Waals surface area contributed by atoms with Crippen LogP contribution in [0.4, 0.5) is 10.1 Å². The van der Waals surface area contributed by atoms with Gasteiger partial charge in [0.15, 0.2) is 5.78 Å². The van der Waals surface area contributed by atoms with E-state index in [1.54, 1.807) is 19.1 Å². The Morgan fingerprint density at radius 3 is 2.64 bits per heavy atom. The highest BCUT2D eigenvalue weighted by molar-refractivity contribution is 6.00. The van der Waals surface area contributed by atoms with Crippen molar-refractivity contribution < 1.29 is 9.18 Å². The second-order valence-electron chi connectivity index (χ2n) is 2.98. The van der Waals surface area contributed by atoms with Crippen LogP contribution < -0.4 is 5.73 Å². The molecular formula is C11H12FNO. The number of ketones is 1. The quantitative estimate of drug-likeness (QED) is 0.579. The Morgan fingerprint density at radius 2 is 2.14 bits per heavy atom. The molecule has 0 saturated heterocycles. The molecule has 3 heteroatoms. The van der Waals surface area contributed by atoms with Crippen molar-refractivity contribution in [1.29, 1.82) is 0 Å². The molecule has 0 unspecified atom stereocenters. The summed E-state index contributed by atoms with van der Waals surface area (Å²) in [4.78, 5) is 11.1. The van der Waals surface area contributed by atoms with E-state index in [1.807, 2.05) is 0 Å². The van der Waals surface area contributed by atoms with Crippen LogP contribution in [0.25, 0.3) is 6.08 Å². The minimum absolute atomic E-state index is 0.159. The fraction of sp³-hybridized carbons (Fsp3) is 0.182. The number of carbonyl (C=O) groups excluding carboxylic acids is 1. The van der Waals surface area contributed by atoms with Crippen LogP contribution in [0.2, 0.25) is 0 Å². The van der Waals surface area contributed by atoms with Gasteiger partial charge in [-0.25, -0.2) is 4.39 Å². The highest BCUT2D eigenvalue weighted by Gasteiger charge is 2.10. The zero-order chi connectivity index (χ0) is 10.7. The molecule has 14 heavy (non-hydrogen) atoms. The fourth-order valence-electron chi connectivity index (χ4n) is 1.25. The number of hydrogen-bond acceptors (Lipinski definition) is 2. The van der Waals surface area contributed by atoms with Crippen LogP contribution in [0, 0.1) is 5.82 Å². The molecule has 0 amide bonds. The van der Waals surface area contributed by atoms with Gasteiger partial charge in [0.2, 0.25) is 0 Å². The molecule has 0 heterocycles. The van der Waals surface area contributed by atoms with Gasteiger partial charge in [-0.15, -0.1) is 0 Å². The summed E-state index contributed by atoms with van der Waals surface area (Å²) >= 11 is 0. The Kier molecular flexibility index (Phi) is 3.02. The number of nitrogen functional groups attached to an aromatic ring is 1. The van der Waals surface area contributed by atoms with Gasteiger partial charge in [0.25, 0.3) is 0 Å². The number of hydrogen-bond donors (Lipinski definition) is 1. The van der Waals surface area contributed by atoms with Gasteiger partial charge in [0.1, 0.15) is 5.82 Å². The number of Topliss-reactive ketones (excluding diaryl/α,β-unsaturated/α-hetero) is 1. The number of anilines is 1. The molecule has 0 bridgehead atoms. The Labute approximate surface area is 82.2 Å². The van der Waals surface area contributed by atoms with Gasteiger partial charge in [-0.3, -0.25) is 4.79 Å². The summed E-state index contributed by atoms with van der Waals surface area (Å²) in [7, 11) is 0. The standard InChI is InChI=1S/C11H12FNO/c1-3-4-9-10(12)6-5-8(7(2)14)11(9)13/h3-6H,13H2,1-2H3/b4-3-. The average Bonchev–Trinajstić information content (AvgIpc) is 2.11. The first-order valence-corrected chi connectivity index (χ1v) is 4.29. The first-order valence-electron chi connectivity index (χ1n) is 4.29. The molecule has 0 atom stereocenters. The summed E-state index contributed by atoms with van der Waals surface area (Å²) < 4.78 is 13.2. The number of benzene rings is 1. The molecule has 0 saturated carbocycles. The summed E-state index contributed by atoms with van der Waals surface area (Å²) in [5.41, 5.74) is 6.50. The van der Waals surface area contributed by atoms with Crippen molar-refractivity contribution in [1.82, 2.24) is 0 Å². The van der Waals surface area contributed by atoms with E-state index in [1.165, 1.54) is 19.1 Å². The van der Waals surface area contributed by atoms with Crippen LogP contribution in [-0.4, -0.2) is 5.78 Å². The minimum atomic E-state index is -0.411. The van der Waals surface area contributed by atoms with Crippen molar-refractivity contribution in [3.8, 4) is 0 Å². The van der Waals surface area contributed by atoms with E-state index in [0.717, 1.165) is 0 Å². The Morgan fingerprint density at radius 1 is 1.50 bits per heavy atom. The molecule has 74 valence electrons. The molecule has 2 nitrogen and oxygen atoms in total. The maximum absolute atomic E-state index is 13.2. The van der Waals surface area contributed by atoms with E-state index in [0.29, 0.717) is 5.56 Å². The molecule has 1 rings (SSSR count). The van der Waals surface area contributed by atoms with E-state index in [4.69, 9.17) is 5.73 Å². The summed E-state index contributed by atoms with van der Waals surface area (Å²) in [6.45, 7) is 3.17. The monoisotopic (exact) mass is 193 g/mol. The van der Waals surface area contributed by atoms with E-state index >= 15 is 0 Å². The Hall–Kier alpha value is -1.64. The smallest absolute Gasteiger partial charge is 0.161 e. The lowest BCUT2D eigenvalue weighted by molar-refractivity contribution is 0.101. The van der Waals surface area contributed by atoms with Crippen molar-refractivity contribution in [2.24, 2.45) is 0 Å². The predicted molar refractivity (Wildman–Crippen MR) is 55.5 cm³/mol. The molecule has 1 aromatic carbocycles. The number of rotatable bonds is 2. The predicted octanol–water partition coefficient (Wildman–Crippen LogP) is 2.64. The van der Waals surface area contributed by atoms with Gasteiger partial charge in [-0.1, -0.05) is 12.2 Å². The van der Waals surface area contributed by atoms with Crippen molar-refractivity contribution in [3.05, 3.63) is 35.2 Å².